The summed E-state index contributed by atoms with van der Waals surface area (Å²) in [6.07, 6.45) is 2.85. The molecule has 0 aliphatic carbocycles. The number of nitrogens with one attached hydrogen (secondary N) is 1. The molecule has 0 aliphatic rings. The zero-order valence-corrected chi connectivity index (χ0v) is 13.7. The van der Waals surface area contributed by atoms with Crippen molar-refractivity contribution in [1.82, 2.24) is 19.5 Å². The fraction of sp³-hybridized carbons (Fsp3) is 0.333. The average molecular weight is 334 g/mol. The lowest BCUT2D eigenvalue weighted by Crippen LogP contribution is -2.27. The van der Waals surface area contributed by atoms with Gasteiger partial charge in [-0.2, -0.15) is 5.10 Å². The van der Waals surface area contributed by atoms with Crippen molar-refractivity contribution in [3.63, 3.8) is 0 Å². The summed E-state index contributed by atoms with van der Waals surface area (Å²) in [5.74, 6) is 0.330. The van der Waals surface area contributed by atoms with Crippen LogP contribution in [0.25, 0.3) is 11.1 Å². The van der Waals surface area contributed by atoms with E-state index in [2.05, 4.69) is 14.8 Å². The van der Waals surface area contributed by atoms with Gasteiger partial charge in [-0.1, -0.05) is 19.1 Å². The molecule has 1 aromatic carbocycles. The van der Waals surface area contributed by atoms with Gasteiger partial charge in [0.2, 0.25) is 10.0 Å². The topological polar surface area (TPSA) is 90.0 Å². The highest BCUT2D eigenvalue weighted by Crippen LogP contribution is 2.21. The van der Waals surface area contributed by atoms with Gasteiger partial charge in [-0.3, -0.25) is 4.68 Å². The number of benzene rings is 1. The van der Waals surface area contributed by atoms with Crippen molar-refractivity contribution < 1.29 is 12.8 Å². The molecule has 2 heterocycles. The molecule has 2 aromatic heterocycles. The highest BCUT2D eigenvalue weighted by Gasteiger charge is 2.20. The van der Waals surface area contributed by atoms with Crippen molar-refractivity contribution in [2.75, 3.05) is 6.54 Å². The lowest BCUT2D eigenvalue weighted by molar-refractivity contribution is 0.480. The molecule has 23 heavy (non-hydrogen) atoms. The third-order valence-corrected chi connectivity index (χ3v) is 4.93. The Bertz CT molecular complexity index is 881. The van der Waals surface area contributed by atoms with E-state index in [1.807, 2.05) is 38.1 Å². The van der Waals surface area contributed by atoms with Crippen LogP contribution in [0.1, 0.15) is 25.7 Å². The predicted molar refractivity (Wildman–Crippen MR) is 85.5 cm³/mol. The van der Waals surface area contributed by atoms with Gasteiger partial charge in [0.15, 0.2) is 11.5 Å². The van der Waals surface area contributed by atoms with Crippen molar-refractivity contribution in [2.24, 2.45) is 0 Å². The van der Waals surface area contributed by atoms with E-state index >= 15 is 0 Å². The molecular formula is C15H18N4O3S. The van der Waals surface area contributed by atoms with Gasteiger partial charge in [0.25, 0.3) is 0 Å². The molecule has 0 spiro atoms. The van der Waals surface area contributed by atoms with Gasteiger partial charge >= 0.3 is 0 Å². The van der Waals surface area contributed by atoms with Crippen LogP contribution in [0.4, 0.5) is 0 Å². The summed E-state index contributed by atoms with van der Waals surface area (Å²) >= 11 is 0. The molecule has 3 rings (SSSR count). The van der Waals surface area contributed by atoms with Crippen molar-refractivity contribution in [3.8, 4) is 0 Å². The molecule has 0 fully saturated rings. The molecule has 8 heteroatoms. The van der Waals surface area contributed by atoms with E-state index in [0.717, 1.165) is 5.52 Å². The van der Waals surface area contributed by atoms with Crippen molar-refractivity contribution in [2.45, 2.75) is 31.2 Å². The van der Waals surface area contributed by atoms with Crippen LogP contribution in [-0.2, 0) is 16.6 Å². The first-order valence-corrected chi connectivity index (χ1v) is 8.85. The van der Waals surface area contributed by atoms with E-state index in [1.165, 1.54) is 12.4 Å². The second-order valence-electron chi connectivity index (χ2n) is 5.30. The van der Waals surface area contributed by atoms with Gasteiger partial charge in [-0.25, -0.2) is 18.1 Å². The van der Waals surface area contributed by atoms with Gasteiger partial charge in [-0.05, 0) is 19.1 Å². The smallest absolute Gasteiger partial charge is 0.243 e. The van der Waals surface area contributed by atoms with E-state index in [4.69, 9.17) is 4.42 Å². The molecular weight excluding hydrogens is 316 g/mol. The normalized spacial score (nSPS) is 13.5. The largest absolute Gasteiger partial charge is 0.440 e. The molecule has 3 aromatic rings. The third kappa shape index (κ3) is 3.27. The third-order valence-electron chi connectivity index (χ3n) is 3.56. The molecule has 122 valence electrons. The molecule has 0 saturated heterocycles. The van der Waals surface area contributed by atoms with Crippen LogP contribution in [-0.4, -0.2) is 29.7 Å². The Morgan fingerprint density at radius 3 is 2.83 bits per heavy atom. The number of para-hydroxylation sites is 2. The standard InChI is InChI=1S/C15H18N4O3S/c1-3-19-10-12(9-16-19)23(20,21)17-8-11(2)15-18-13-6-4-5-7-14(13)22-15/h4-7,9-11,17H,3,8H2,1-2H3. The Balaban J connectivity index is 1.71. The van der Waals surface area contributed by atoms with E-state index in [0.29, 0.717) is 18.0 Å². The van der Waals surface area contributed by atoms with Crippen molar-refractivity contribution in [3.05, 3.63) is 42.5 Å². The second-order valence-corrected chi connectivity index (χ2v) is 7.07. The minimum atomic E-state index is -3.59. The Morgan fingerprint density at radius 1 is 1.35 bits per heavy atom. The molecule has 0 aliphatic heterocycles. The number of fused-ring (bicyclic) bond motifs is 1. The summed E-state index contributed by atoms with van der Waals surface area (Å²) in [7, 11) is -3.59. The maximum absolute atomic E-state index is 12.3. The van der Waals surface area contributed by atoms with E-state index < -0.39 is 10.0 Å². The van der Waals surface area contributed by atoms with Crippen LogP contribution in [0.5, 0.6) is 0 Å². The highest BCUT2D eigenvalue weighted by atomic mass is 32.2. The lowest BCUT2D eigenvalue weighted by Gasteiger charge is -2.08. The Kier molecular flexibility index (Phi) is 4.18. The minimum Gasteiger partial charge on any atom is -0.440 e. The van der Waals surface area contributed by atoms with Gasteiger partial charge < -0.3 is 4.42 Å². The van der Waals surface area contributed by atoms with Crippen LogP contribution in [0, 0.1) is 0 Å². The number of sulfonamides is 1. The molecule has 0 amide bonds. The summed E-state index contributed by atoms with van der Waals surface area (Å²) in [5, 5.41) is 3.98. The number of hydrogen-bond donors (Lipinski definition) is 1. The Labute approximate surface area is 134 Å². The number of hydrogen-bond acceptors (Lipinski definition) is 5. The molecule has 0 bridgehead atoms. The average Bonchev–Trinajstić information content (AvgIpc) is 3.19. The Hall–Kier alpha value is -2.19. The van der Waals surface area contributed by atoms with E-state index in [-0.39, 0.29) is 17.4 Å². The summed E-state index contributed by atoms with van der Waals surface area (Å²) in [5.41, 5.74) is 1.46. The van der Waals surface area contributed by atoms with Gasteiger partial charge in [-0.15, -0.1) is 0 Å². The maximum atomic E-state index is 12.3. The first-order valence-electron chi connectivity index (χ1n) is 7.37. The zero-order chi connectivity index (χ0) is 16.4. The van der Waals surface area contributed by atoms with Crippen LogP contribution < -0.4 is 4.72 Å². The van der Waals surface area contributed by atoms with Gasteiger partial charge in [0.05, 0.1) is 6.20 Å². The van der Waals surface area contributed by atoms with Gasteiger partial charge in [0.1, 0.15) is 10.4 Å². The molecule has 1 unspecified atom stereocenters. The minimum absolute atomic E-state index is 0.157. The Morgan fingerprint density at radius 2 is 2.13 bits per heavy atom. The van der Waals surface area contributed by atoms with Crippen LogP contribution in [0.3, 0.4) is 0 Å². The lowest BCUT2D eigenvalue weighted by atomic mass is 10.2. The number of aryl methyl sites for hydroxylation is 1. The fourth-order valence-electron chi connectivity index (χ4n) is 2.16. The first kappa shape index (κ1) is 15.7. The molecule has 1 N–H and O–H groups in total. The van der Waals surface area contributed by atoms with Crippen LogP contribution in [0.15, 0.2) is 46.0 Å². The quantitative estimate of drug-likeness (QED) is 0.746. The highest BCUT2D eigenvalue weighted by molar-refractivity contribution is 7.89. The van der Waals surface area contributed by atoms with Gasteiger partial charge in [0, 0.05) is 25.2 Å². The zero-order valence-electron chi connectivity index (χ0n) is 12.9. The number of oxazole rings is 1. The van der Waals surface area contributed by atoms with Crippen LogP contribution >= 0.6 is 0 Å². The van der Waals surface area contributed by atoms with Crippen molar-refractivity contribution in [1.29, 1.82) is 0 Å². The van der Waals surface area contributed by atoms with E-state index in [1.54, 1.807) is 4.68 Å². The van der Waals surface area contributed by atoms with E-state index in [9.17, 15) is 8.42 Å². The fourth-order valence-corrected chi connectivity index (χ4v) is 3.24. The summed E-state index contributed by atoms with van der Waals surface area (Å²) in [6, 6.07) is 7.45. The molecule has 0 saturated carbocycles. The summed E-state index contributed by atoms with van der Waals surface area (Å²) in [6.45, 7) is 4.58. The van der Waals surface area contributed by atoms with Crippen LogP contribution in [0.2, 0.25) is 0 Å². The number of aromatic nitrogens is 3. The molecule has 0 radical (unpaired) electrons. The second kappa shape index (κ2) is 6.13. The first-order chi connectivity index (χ1) is 11.0. The van der Waals surface area contributed by atoms with Crippen molar-refractivity contribution >= 4 is 21.1 Å². The maximum Gasteiger partial charge on any atom is 0.243 e. The number of nitrogens with zero attached hydrogens (tertiary/aromatic N) is 3. The number of rotatable bonds is 6. The molecule has 1 atom stereocenters. The summed E-state index contributed by atoms with van der Waals surface area (Å²) in [4.78, 5) is 4.54. The SMILES string of the molecule is CCn1cc(S(=O)(=O)NCC(C)c2nc3ccccc3o2)cn1. The molecule has 7 nitrogen and oxygen atoms in total. The monoisotopic (exact) mass is 334 g/mol. The summed E-state index contributed by atoms with van der Waals surface area (Å²) < 4.78 is 34.3. The predicted octanol–water partition coefficient (Wildman–Crippen LogP) is 2.13.